The number of aromatic nitrogens is 2. The Morgan fingerprint density at radius 2 is 2.00 bits per heavy atom. The normalized spacial score (nSPS) is 11.7. The van der Waals surface area contributed by atoms with E-state index in [1.807, 2.05) is 26.8 Å². The lowest BCUT2D eigenvalue weighted by Crippen LogP contribution is -2.31. The van der Waals surface area contributed by atoms with E-state index in [1.54, 1.807) is 0 Å². The van der Waals surface area contributed by atoms with Crippen molar-refractivity contribution in [3.63, 3.8) is 0 Å². The number of nitrogens with one attached hydrogen (secondary N) is 1. The monoisotopic (exact) mass is 251 g/mol. The summed E-state index contributed by atoms with van der Waals surface area (Å²) in [6.07, 6.45) is 2.32. The molecule has 0 saturated heterocycles. The van der Waals surface area contributed by atoms with E-state index < -0.39 is 0 Å². The lowest BCUT2D eigenvalue weighted by atomic mass is 9.99. The van der Waals surface area contributed by atoms with Crippen molar-refractivity contribution in [2.24, 2.45) is 0 Å². The molecule has 0 aliphatic carbocycles. The molecule has 0 unspecified atom stereocenters. The summed E-state index contributed by atoms with van der Waals surface area (Å²) in [4.78, 5) is 8.80. The van der Waals surface area contributed by atoms with Gasteiger partial charge in [0.2, 0.25) is 11.8 Å². The fourth-order valence-electron chi connectivity index (χ4n) is 1.89. The van der Waals surface area contributed by atoms with Crippen LogP contribution in [0.25, 0.3) is 0 Å². The average Bonchev–Trinajstić information content (AvgIpc) is 2.13. The van der Waals surface area contributed by atoms with Gasteiger partial charge in [-0.2, -0.15) is 4.98 Å². The van der Waals surface area contributed by atoms with Crippen molar-refractivity contribution in [1.29, 1.82) is 0 Å². The fraction of sp³-hybridized carbons (Fsp3) is 0.714. The predicted molar refractivity (Wildman–Crippen MR) is 75.1 cm³/mol. The van der Waals surface area contributed by atoms with Crippen molar-refractivity contribution >= 4 is 5.95 Å². The molecule has 0 aliphatic heterocycles. The third kappa shape index (κ3) is 4.90. The Hall–Kier alpha value is -1.32. The van der Waals surface area contributed by atoms with Gasteiger partial charge in [-0.3, -0.25) is 0 Å². The maximum Gasteiger partial charge on any atom is 0.226 e. The first-order valence-electron chi connectivity index (χ1n) is 6.63. The van der Waals surface area contributed by atoms with E-state index in [-0.39, 0.29) is 11.6 Å². The summed E-state index contributed by atoms with van der Waals surface area (Å²) >= 11 is 0. The molecule has 1 N–H and O–H groups in total. The molecule has 18 heavy (non-hydrogen) atoms. The lowest BCUT2D eigenvalue weighted by molar-refractivity contribution is 0.232. The van der Waals surface area contributed by atoms with Gasteiger partial charge in [0.15, 0.2) is 0 Å². The second-order valence-electron chi connectivity index (χ2n) is 5.60. The highest BCUT2D eigenvalue weighted by atomic mass is 16.5. The van der Waals surface area contributed by atoms with Crippen LogP contribution in [0, 0.1) is 6.92 Å². The summed E-state index contributed by atoms with van der Waals surface area (Å²) in [5.74, 6) is 1.27. The first-order chi connectivity index (χ1) is 8.32. The van der Waals surface area contributed by atoms with E-state index in [2.05, 4.69) is 36.1 Å². The van der Waals surface area contributed by atoms with Crippen molar-refractivity contribution < 1.29 is 4.74 Å². The van der Waals surface area contributed by atoms with E-state index in [0.717, 1.165) is 18.5 Å². The smallest absolute Gasteiger partial charge is 0.226 e. The largest absolute Gasteiger partial charge is 0.475 e. The van der Waals surface area contributed by atoms with Gasteiger partial charge in [-0.1, -0.05) is 13.3 Å². The third-order valence-electron chi connectivity index (χ3n) is 2.51. The zero-order valence-electron chi connectivity index (χ0n) is 12.4. The van der Waals surface area contributed by atoms with E-state index >= 15 is 0 Å². The summed E-state index contributed by atoms with van der Waals surface area (Å²) in [6.45, 7) is 12.4. The number of nitrogens with zero attached hydrogens (tertiary/aromatic N) is 2. The van der Waals surface area contributed by atoms with E-state index in [9.17, 15) is 0 Å². The number of hydrogen-bond acceptors (Lipinski definition) is 4. The summed E-state index contributed by atoms with van der Waals surface area (Å²) < 4.78 is 5.62. The molecular weight excluding hydrogens is 226 g/mol. The quantitative estimate of drug-likeness (QED) is 0.839. The first kappa shape index (κ1) is 14.7. The topological polar surface area (TPSA) is 47.0 Å². The second-order valence-corrected chi connectivity index (χ2v) is 5.60. The van der Waals surface area contributed by atoms with E-state index in [0.29, 0.717) is 11.8 Å². The van der Waals surface area contributed by atoms with Gasteiger partial charge in [0.25, 0.3) is 0 Å². The molecule has 0 aliphatic rings. The fourth-order valence-corrected chi connectivity index (χ4v) is 1.89. The molecule has 1 aromatic heterocycles. The maximum atomic E-state index is 5.62. The minimum Gasteiger partial charge on any atom is -0.475 e. The molecule has 1 aromatic rings. The molecule has 0 aromatic carbocycles. The van der Waals surface area contributed by atoms with Gasteiger partial charge in [0, 0.05) is 17.3 Å². The van der Waals surface area contributed by atoms with Gasteiger partial charge in [0.05, 0.1) is 6.10 Å². The standard InChI is InChI=1S/C14H25N3O/c1-7-8-14(5,6)17-13-15-11(4)9-12(16-13)18-10(2)3/h9-10H,7-8H2,1-6H3,(H,15,16,17). The van der Waals surface area contributed by atoms with Gasteiger partial charge in [-0.15, -0.1) is 0 Å². The van der Waals surface area contributed by atoms with E-state index in [1.165, 1.54) is 0 Å². The van der Waals surface area contributed by atoms with Crippen molar-refractivity contribution in [1.82, 2.24) is 9.97 Å². The highest BCUT2D eigenvalue weighted by Gasteiger charge is 2.18. The molecule has 4 heteroatoms. The Morgan fingerprint density at radius 3 is 2.56 bits per heavy atom. The van der Waals surface area contributed by atoms with Gasteiger partial charge in [0.1, 0.15) is 0 Å². The predicted octanol–water partition coefficient (Wildman–Crippen LogP) is 3.56. The SMILES string of the molecule is CCCC(C)(C)Nc1nc(C)cc(OC(C)C)n1. The van der Waals surface area contributed by atoms with Crippen LogP contribution in [-0.2, 0) is 0 Å². The highest BCUT2D eigenvalue weighted by Crippen LogP contribution is 2.19. The maximum absolute atomic E-state index is 5.62. The van der Waals surface area contributed by atoms with Gasteiger partial charge >= 0.3 is 0 Å². The summed E-state index contributed by atoms with van der Waals surface area (Å²) in [7, 11) is 0. The molecule has 4 nitrogen and oxygen atoms in total. The lowest BCUT2D eigenvalue weighted by Gasteiger charge is -2.26. The van der Waals surface area contributed by atoms with Crippen molar-refractivity contribution in [2.45, 2.75) is 66.0 Å². The van der Waals surface area contributed by atoms with Crippen LogP contribution in [0.3, 0.4) is 0 Å². The molecule has 0 radical (unpaired) electrons. The van der Waals surface area contributed by atoms with Gasteiger partial charge in [-0.05, 0) is 41.0 Å². The van der Waals surface area contributed by atoms with Crippen LogP contribution < -0.4 is 10.1 Å². The van der Waals surface area contributed by atoms with Crippen molar-refractivity contribution in [3.05, 3.63) is 11.8 Å². The molecule has 0 fully saturated rings. The minimum atomic E-state index is -0.00234. The summed E-state index contributed by atoms with van der Waals surface area (Å²) in [5.41, 5.74) is 0.910. The Morgan fingerprint density at radius 1 is 1.33 bits per heavy atom. The molecule has 0 bridgehead atoms. The Balaban J connectivity index is 2.85. The third-order valence-corrected chi connectivity index (χ3v) is 2.51. The van der Waals surface area contributed by atoms with E-state index in [4.69, 9.17) is 4.74 Å². The number of rotatable bonds is 6. The summed E-state index contributed by atoms with van der Waals surface area (Å²) in [5, 5.41) is 3.37. The molecule has 0 amide bonds. The molecule has 1 rings (SSSR count). The van der Waals surface area contributed by atoms with Crippen molar-refractivity contribution in [3.8, 4) is 5.88 Å². The molecular formula is C14H25N3O. The molecule has 102 valence electrons. The molecule has 0 saturated carbocycles. The number of anilines is 1. The first-order valence-corrected chi connectivity index (χ1v) is 6.63. The zero-order valence-corrected chi connectivity index (χ0v) is 12.4. The average molecular weight is 251 g/mol. The van der Waals surface area contributed by atoms with Crippen LogP contribution in [0.1, 0.15) is 53.2 Å². The molecule has 1 heterocycles. The van der Waals surface area contributed by atoms with Crippen molar-refractivity contribution in [2.75, 3.05) is 5.32 Å². The van der Waals surface area contributed by atoms with Crippen LogP contribution in [0.5, 0.6) is 5.88 Å². The Kier molecular flexibility index (Phi) is 4.93. The number of hydrogen-bond donors (Lipinski definition) is 1. The summed E-state index contributed by atoms with van der Waals surface area (Å²) in [6, 6.07) is 1.86. The second kappa shape index (κ2) is 6.03. The Bertz CT molecular complexity index is 389. The highest BCUT2D eigenvalue weighted by molar-refractivity contribution is 5.33. The van der Waals surface area contributed by atoms with Crippen LogP contribution in [-0.4, -0.2) is 21.6 Å². The molecule has 0 spiro atoms. The van der Waals surface area contributed by atoms with Gasteiger partial charge in [-0.25, -0.2) is 4.98 Å². The number of ether oxygens (including phenoxy) is 1. The zero-order chi connectivity index (χ0) is 13.8. The van der Waals surface area contributed by atoms with Crippen LogP contribution in [0.2, 0.25) is 0 Å². The number of aryl methyl sites for hydroxylation is 1. The molecule has 0 atom stereocenters. The van der Waals surface area contributed by atoms with Crippen LogP contribution >= 0.6 is 0 Å². The Labute approximate surface area is 110 Å². The van der Waals surface area contributed by atoms with Gasteiger partial charge < -0.3 is 10.1 Å². The van der Waals surface area contributed by atoms with Crippen LogP contribution in [0.4, 0.5) is 5.95 Å². The van der Waals surface area contributed by atoms with Crippen LogP contribution in [0.15, 0.2) is 6.07 Å². The minimum absolute atomic E-state index is 0.00234.